The summed E-state index contributed by atoms with van der Waals surface area (Å²) in [7, 11) is -3.90. The number of benzene rings is 2. The van der Waals surface area contributed by atoms with Gasteiger partial charge in [0.1, 0.15) is 17.5 Å². The van der Waals surface area contributed by atoms with E-state index in [1.54, 1.807) is 30.3 Å². The third kappa shape index (κ3) is 5.52. The summed E-state index contributed by atoms with van der Waals surface area (Å²) in [6.07, 6.45) is -0.135. The van der Waals surface area contributed by atoms with Crippen molar-refractivity contribution in [1.82, 2.24) is 10.3 Å². The first-order chi connectivity index (χ1) is 16.9. The van der Waals surface area contributed by atoms with Gasteiger partial charge in [-0.1, -0.05) is 18.2 Å². The third-order valence-corrected chi connectivity index (χ3v) is 7.74. The van der Waals surface area contributed by atoms with Gasteiger partial charge in [0.05, 0.1) is 22.8 Å². The fraction of sp³-hybridized carbons (Fsp3) is 0.333. The molecule has 4 rings (SSSR count). The number of aliphatic hydroxyl groups is 1. The highest BCUT2D eigenvalue weighted by Crippen LogP contribution is 2.40. The van der Waals surface area contributed by atoms with Crippen LogP contribution in [0.15, 0.2) is 65.6 Å². The smallest absolute Gasteiger partial charge is 0.264 e. The molecule has 1 amide bonds. The molecule has 0 aliphatic carbocycles. The van der Waals surface area contributed by atoms with Crippen LogP contribution in [-0.4, -0.2) is 49.2 Å². The molecule has 3 aromatic rings. The Hall–Kier alpha value is -3.43. The molecule has 1 aliphatic rings. The number of hydrogen-bond acceptors (Lipinski definition) is 6. The van der Waals surface area contributed by atoms with Gasteiger partial charge in [0.15, 0.2) is 0 Å². The highest BCUT2D eigenvalue weighted by atomic mass is 32.2. The van der Waals surface area contributed by atoms with E-state index in [1.807, 2.05) is 44.2 Å². The van der Waals surface area contributed by atoms with E-state index in [-0.39, 0.29) is 18.0 Å². The molecule has 2 N–H and O–H groups in total. The Morgan fingerprint density at radius 3 is 2.58 bits per heavy atom. The molecule has 1 atom stereocenters. The lowest BCUT2D eigenvalue weighted by Crippen LogP contribution is -2.46. The summed E-state index contributed by atoms with van der Waals surface area (Å²) in [5, 5.41) is 12.5. The van der Waals surface area contributed by atoms with E-state index in [9.17, 15) is 18.3 Å². The maximum absolute atomic E-state index is 13.8. The Bertz CT molecular complexity index is 1380. The molecule has 1 aromatic heterocycles. The van der Waals surface area contributed by atoms with Gasteiger partial charge < -0.3 is 15.2 Å². The van der Waals surface area contributed by atoms with Gasteiger partial charge in [0.2, 0.25) is 0 Å². The zero-order chi connectivity index (χ0) is 26.1. The number of hydrogen-bond donors (Lipinski definition) is 2. The Kier molecular flexibility index (Phi) is 7.06. The van der Waals surface area contributed by atoms with E-state index >= 15 is 0 Å². The van der Waals surface area contributed by atoms with Crippen molar-refractivity contribution in [3.63, 3.8) is 0 Å². The topological polar surface area (TPSA) is 109 Å². The van der Waals surface area contributed by atoms with Crippen LogP contribution in [0.2, 0.25) is 0 Å². The Morgan fingerprint density at radius 1 is 1.14 bits per heavy atom. The average molecular weight is 510 g/mol. The number of sulfonamides is 1. The van der Waals surface area contributed by atoms with E-state index in [2.05, 4.69) is 10.3 Å². The van der Waals surface area contributed by atoms with Gasteiger partial charge in [0.25, 0.3) is 15.9 Å². The number of nitrogens with zero attached hydrogens (tertiary/aromatic N) is 2. The monoisotopic (exact) mass is 509 g/mol. The fourth-order valence-corrected chi connectivity index (χ4v) is 5.62. The van der Waals surface area contributed by atoms with E-state index in [1.165, 1.54) is 18.2 Å². The molecule has 36 heavy (non-hydrogen) atoms. The summed E-state index contributed by atoms with van der Waals surface area (Å²) < 4.78 is 35.2. The van der Waals surface area contributed by atoms with Crippen molar-refractivity contribution in [3.05, 3.63) is 71.9 Å². The molecule has 0 fully saturated rings. The first-order valence-corrected chi connectivity index (χ1v) is 13.2. The summed E-state index contributed by atoms with van der Waals surface area (Å²) in [5.74, 6) is -0.0639. The lowest BCUT2D eigenvalue weighted by atomic mass is 10.1. The minimum absolute atomic E-state index is 0.0758. The lowest BCUT2D eigenvalue weighted by Gasteiger charge is -2.36. The van der Waals surface area contributed by atoms with Crippen LogP contribution in [0.5, 0.6) is 5.75 Å². The van der Waals surface area contributed by atoms with Crippen molar-refractivity contribution >= 4 is 21.6 Å². The molecule has 9 heteroatoms. The minimum Gasteiger partial charge on any atom is -0.486 e. The summed E-state index contributed by atoms with van der Waals surface area (Å²) in [6.45, 7) is 6.88. The molecule has 0 spiro atoms. The molecule has 190 valence electrons. The number of pyridine rings is 1. The molecule has 2 heterocycles. The second-order valence-electron chi connectivity index (χ2n) is 9.54. The van der Waals surface area contributed by atoms with Gasteiger partial charge in [0, 0.05) is 24.2 Å². The van der Waals surface area contributed by atoms with Gasteiger partial charge in [-0.2, -0.15) is 0 Å². The number of carbonyl (C=O) groups excluding carboxylic acids is 1. The van der Waals surface area contributed by atoms with Crippen LogP contribution in [0.3, 0.4) is 0 Å². The average Bonchev–Trinajstić information content (AvgIpc) is 2.82. The van der Waals surface area contributed by atoms with Crippen molar-refractivity contribution in [2.45, 2.75) is 50.7 Å². The molecule has 0 unspecified atom stereocenters. The van der Waals surface area contributed by atoms with E-state index in [4.69, 9.17) is 4.74 Å². The highest BCUT2D eigenvalue weighted by molar-refractivity contribution is 7.92. The summed E-state index contributed by atoms with van der Waals surface area (Å²) in [5.41, 5.74) is 2.16. The third-order valence-electron chi connectivity index (χ3n) is 5.96. The lowest BCUT2D eigenvalue weighted by molar-refractivity contribution is -0.136. The second kappa shape index (κ2) is 9.91. The van der Waals surface area contributed by atoms with Crippen molar-refractivity contribution in [2.75, 3.05) is 17.4 Å². The number of anilines is 1. The molecule has 8 nitrogen and oxygen atoms in total. The van der Waals surface area contributed by atoms with E-state index in [0.29, 0.717) is 17.9 Å². The molecule has 0 saturated carbocycles. The fourth-order valence-electron chi connectivity index (χ4n) is 4.02. The van der Waals surface area contributed by atoms with Gasteiger partial charge in [-0.3, -0.25) is 14.1 Å². The zero-order valence-electron chi connectivity index (χ0n) is 20.9. The first-order valence-electron chi connectivity index (χ1n) is 11.8. The van der Waals surface area contributed by atoms with Crippen molar-refractivity contribution in [2.24, 2.45) is 0 Å². The van der Waals surface area contributed by atoms with Crippen molar-refractivity contribution in [3.8, 4) is 17.0 Å². The number of aryl methyl sites for hydroxylation is 2. The predicted molar refractivity (Wildman–Crippen MR) is 138 cm³/mol. The number of aromatic nitrogens is 1. The van der Waals surface area contributed by atoms with Crippen molar-refractivity contribution < 1.29 is 23.1 Å². The largest absolute Gasteiger partial charge is 0.486 e. The maximum Gasteiger partial charge on any atom is 0.264 e. The number of fused-ring (bicyclic) bond motifs is 1. The number of carbonyl (C=O) groups is 1. The van der Waals surface area contributed by atoms with Crippen LogP contribution in [0.4, 0.5) is 5.69 Å². The van der Waals surface area contributed by atoms with Gasteiger partial charge in [-0.25, -0.2) is 8.42 Å². The number of amides is 1. The first kappa shape index (κ1) is 25.7. The van der Waals surface area contributed by atoms with Gasteiger partial charge in [-0.05, 0) is 75.7 Å². The Labute approximate surface area is 212 Å². The Morgan fingerprint density at radius 2 is 1.89 bits per heavy atom. The van der Waals surface area contributed by atoms with E-state index in [0.717, 1.165) is 22.5 Å². The maximum atomic E-state index is 13.8. The van der Waals surface area contributed by atoms with Crippen LogP contribution in [0, 0.1) is 13.8 Å². The minimum atomic E-state index is -3.90. The van der Waals surface area contributed by atoms with Crippen molar-refractivity contribution in [1.29, 1.82) is 0 Å². The van der Waals surface area contributed by atoms with Crippen LogP contribution >= 0.6 is 0 Å². The zero-order valence-corrected chi connectivity index (χ0v) is 21.7. The quantitative estimate of drug-likeness (QED) is 0.504. The molecule has 1 aliphatic heterocycles. The Balaban J connectivity index is 1.69. The predicted octanol–water partition coefficient (Wildman–Crippen LogP) is 3.60. The normalized spacial score (nSPS) is 15.7. The summed E-state index contributed by atoms with van der Waals surface area (Å²) in [6, 6.07) is 17.9. The van der Waals surface area contributed by atoms with Crippen LogP contribution < -0.4 is 14.4 Å². The summed E-state index contributed by atoms with van der Waals surface area (Å²) in [4.78, 5) is 16.8. The van der Waals surface area contributed by atoms with Gasteiger partial charge in [-0.15, -0.1) is 0 Å². The molecular formula is C27H31N3O5S. The summed E-state index contributed by atoms with van der Waals surface area (Å²) >= 11 is 0. The van der Waals surface area contributed by atoms with Crippen LogP contribution in [0.1, 0.15) is 31.5 Å². The molecule has 2 aromatic carbocycles. The number of rotatable bonds is 7. The van der Waals surface area contributed by atoms with E-state index < -0.39 is 27.6 Å². The molecule has 0 saturated heterocycles. The van der Waals surface area contributed by atoms with Crippen LogP contribution in [0.25, 0.3) is 11.3 Å². The van der Waals surface area contributed by atoms with Crippen LogP contribution in [-0.2, 0) is 14.8 Å². The highest BCUT2D eigenvalue weighted by Gasteiger charge is 2.35. The standard InChI is InChI=1S/C27H31N3O5S/c1-18-7-5-9-22(15-18)36(33,34)30-17-21(13-14-28-26(31)27(3,4)32)35-25-12-11-20(16-24(25)30)23-10-6-8-19(2)29-23/h5-12,15-16,21,32H,13-14,17H2,1-4H3,(H,28,31)/t21-/m0/s1. The number of nitrogens with one attached hydrogen (secondary N) is 1. The second-order valence-corrected chi connectivity index (χ2v) is 11.4. The molecule has 0 bridgehead atoms. The SMILES string of the molecule is Cc1cccc(S(=O)(=O)N2C[C@H](CCNC(=O)C(C)(C)O)Oc3ccc(-c4cccc(C)n4)cc32)c1. The molecule has 0 radical (unpaired) electrons. The number of ether oxygens (including phenoxy) is 1. The molecular weight excluding hydrogens is 478 g/mol. The van der Waals surface area contributed by atoms with Gasteiger partial charge >= 0.3 is 0 Å².